The van der Waals surface area contributed by atoms with Gasteiger partial charge in [-0.1, -0.05) is 6.92 Å². The van der Waals surface area contributed by atoms with E-state index in [1.807, 2.05) is 13.0 Å². The molecule has 0 bridgehead atoms. The van der Waals surface area contributed by atoms with Crippen LogP contribution in [0.3, 0.4) is 0 Å². The lowest BCUT2D eigenvalue weighted by molar-refractivity contribution is -0.139. The number of aromatic nitrogens is 1. The molecule has 0 atom stereocenters. The van der Waals surface area contributed by atoms with E-state index < -0.39 is 19.2 Å². The summed E-state index contributed by atoms with van der Waals surface area (Å²) in [5, 5.41) is 0. The molecule has 0 aliphatic heterocycles. The van der Waals surface area contributed by atoms with E-state index in [0.29, 0.717) is 13.0 Å². The summed E-state index contributed by atoms with van der Waals surface area (Å²) < 4.78 is 40.8. The molecule has 1 rings (SSSR count). The molecule has 3 nitrogen and oxygen atoms in total. The normalized spacial score (nSPS) is 11.6. The van der Waals surface area contributed by atoms with Gasteiger partial charge in [0, 0.05) is 18.3 Å². The van der Waals surface area contributed by atoms with Crippen molar-refractivity contribution in [2.24, 2.45) is 5.73 Å². The van der Waals surface area contributed by atoms with Crippen molar-refractivity contribution in [2.45, 2.75) is 32.5 Å². The Bertz CT molecular complexity index is 344. The Labute approximate surface area is 97.8 Å². The van der Waals surface area contributed by atoms with E-state index in [4.69, 9.17) is 10.5 Å². The van der Waals surface area contributed by atoms with Crippen LogP contribution in [0.25, 0.3) is 0 Å². The van der Waals surface area contributed by atoms with Gasteiger partial charge < -0.3 is 10.5 Å². The second-order valence-electron chi connectivity index (χ2n) is 3.58. The molecule has 6 heteroatoms. The van der Waals surface area contributed by atoms with Crippen LogP contribution in [-0.2, 0) is 13.0 Å². The Balaban J connectivity index is 2.64. The molecule has 0 aromatic carbocycles. The quantitative estimate of drug-likeness (QED) is 0.870. The fourth-order valence-electron chi connectivity index (χ4n) is 1.26. The molecule has 0 saturated carbocycles. The smallest absolute Gasteiger partial charge is 0.392 e. The summed E-state index contributed by atoms with van der Waals surface area (Å²) in [4.78, 5) is 4.07. The summed E-state index contributed by atoms with van der Waals surface area (Å²) in [7, 11) is 0. The Kier molecular flexibility index (Phi) is 4.74. The van der Waals surface area contributed by atoms with Crippen molar-refractivity contribution in [2.75, 3.05) is 6.61 Å². The van der Waals surface area contributed by atoms with Gasteiger partial charge in [-0.2, -0.15) is 13.2 Å². The first-order chi connectivity index (χ1) is 7.94. The van der Waals surface area contributed by atoms with Crippen molar-refractivity contribution in [1.82, 2.24) is 4.98 Å². The van der Waals surface area contributed by atoms with E-state index in [0.717, 1.165) is 11.3 Å². The first-order valence-corrected chi connectivity index (χ1v) is 5.34. The number of halogens is 3. The van der Waals surface area contributed by atoms with Gasteiger partial charge in [0.1, 0.15) is 0 Å². The number of hydrogen-bond donors (Lipinski definition) is 1. The molecule has 0 spiro atoms. The highest BCUT2D eigenvalue weighted by Gasteiger charge is 2.26. The summed E-state index contributed by atoms with van der Waals surface area (Å²) in [5.74, 6) is 0.203. The molecular weight excluding hydrogens is 233 g/mol. The van der Waals surface area contributed by atoms with Crippen molar-refractivity contribution in [1.29, 1.82) is 0 Å². The average molecular weight is 248 g/mol. The number of nitrogens with zero attached hydrogens (tertiary/aromatic N) is 1. The molecule has 1 aromatic rings. The third kappa shape index (κ3) is 5.04. The van der Waals surface area contributed by atoms with E-state index >= 15 is 0 Å². The van der Waals surface area contributed by atoms with E-state index in [2.05, 4.69) is 4.98 Å². The highest BCUT2D eigenvalue weighted by atomic mass is 19.4. The third-order valence-electron chi connectivity index (χ3n) is 2.15. The first kappa shape index (κ1) is 13.8. The predicted molar refractivity (Wildman–Crippen MR) is 57.7 cm³/mol. The van der Waals surface area contributed by atoms with Gasteiger partial charge in [-0.25, -0.2) is 4.98 Å². The van der Waals surface area contributed by atoms with Crippen molar-refractivity contribution in [3.63, 3.8) is 0 Å². The van der Waals surface area contributed by atoms with E-state index in [1.54, 1.807) is 6.07 Å². The second-order valence-corrected chi connectivity index (χ2v) is 3.58. The number of aryl methyl sites for hydroxylation is 1. The van der Waals surface area contributed by atoms with Gasteiger partial charge in [0.15, 0.2) is 0 Å². The number of nitrogens with two attached hydrogens (primary N) is 1. The summed E-state index contributed by atoms with van der Waals surface area (Å²) in [6.07, 6.45) is -4.51. The van der Waals surface area contributed by atoms with Crippen LogP contribution in [-0.4, -0.2) is 17.8 Å². The van der Waals surface area contributed by atoms with Crippen LogP contribution >= 0.6 is 0 Å². The third-order valence-corrected chi connectivity index (χ3v) is 2.15. The monoisotopic (exact) mass is 248 g/mol. The van der Waals surface area contributed by atoms with E-state index in [9.17, 15) is 13.2 Å². The molecule has 2 N–H and O–H groups in total. The van der Waals surface area contributed by atoms with Crippen molar-refractivity contribution in [3.8, 4) is 5.88 Å². The fraction of sp³-hybridized carbons (Fsp3) is 0.545. The predicted octanol–water partition coefficient (Wildman–Crippen LogP) is 2.43. The average Bonchev–Trinajstić information content (AvgIpc) is 2.26. The minimum Gasteiger partial charge on any atom is -0.477 e. The topological polar surface area (TPSA) is 48.1 Å². The molecular formula is C11H15F3N2O. The Morgan fingerprint density at radius 2 is 2.06 bits per heavy atom. The molecule has 1 heterocycles. The van der Waals surface area contributed by atoms with Crippen LogP contribution in [0, 0.1) is 0 Å². The molecule has 0 amide bonds. The first-order valence-electron chi connectivity index (χ1n) is 5.34. The maximum Gasteiger partial charge on any atom is 0.392 e. The standard InChI is InChI=1S/C11H15F3N2O/c1-2-9-5-8(7-15)6-10(16-9)17-4-3-11(12,13)14/h5-6H,2-4,7,15H2,1H3. The minimum atomic E-state index is -4.21. The number of pyridine rings is 1. The van der Waals surface area contributed by atoms with Gasteiger partial charge in [-0.05, 0) is 18.1 Å². The lowest BCUT2D eigenvalue weighted by Gasteiger charge is -2.10. The fourth-order valence-corrected chi connectivity index (χ4v) is 1.26. The van der Waals surface area contributed by atoms with Gasteiger partial charge in [0.05, 0.1) is 13.0 Å². The molecule has 0 radical (unpaired) electrons. The highest BCUT2D eigenvalue weighted by Crippen LogP contribution is 2.20. The van der Waals surface area contributed by atoms with Crippen molar-refractivity contribution >= 4 is 0 Å². The largest absolute Gasteiger partial charge is 0.477 e. The Hall–Kier alpha value is -1.30. The molecule has 0 fully saturated rings. The van der Waals surface area contributed by atoms with Crippen LogP contribution in [0.5, 0.6) is 5.88 Å². The molecule has 0 aliphatic rings. The maximum absolute atomic E-state index is 11.9. The van der Waals surface area contributed by atoms with Crippen molar-refractivity contribution < 1.29 is 17.9 Å². The van der Waals surface area contributed by atoms with Crippen LogP contribution in [0.1, 0.15) is 24.6 Å². The number of alkyl halides is 3. The van der Waals surface area contributed by atoms with Crippen LogP contribution in [0.15, 0.2) is 12.1 Å². The number of ether oxygens (including phenoxy) is 1. The summed E-state index contributed by atoms with van der Waals surface area (Å²) in [6, 6.07) is 3.38. The van der Waals surface area contributed by atoms with Gasteiger partial charge in [0.2, 0.25) is 5.88 Å². The maximum atomic E-state index is 11.9. The second kappa shape index (κ2) is 5.86. The minimum absolute atomic E-state index is 0.203. The zero-order valence-corrected chi connectivity index (χ0v) is 9.55. The number of rotatable bonds is 5. The lowest BCUT2D eigenvalue weighted by atomic mass is 10.2. The zero-order chi connectivity index (χ0) is 12.9. The van der Waals surface area contributed by atoms with Gasteiger partial charge in [-0.15, -0.1) is 0 Å². The van der Waals surface area contributed by atoms with Gasteiger partial charge in [-0.3, -0.25) is 0 Å². The SMILES string of the molecule is CCc1cc(CN)cc(OCCC(F)(F)F)n1. The van der Waals surface area contributed by atoms with Crippen LogP contribution < -0.4 is 10.5 Å². The van der Waals surface area contributed by atoms with Crippen LogP contribution in [0.2, 0.25) is 0 Å². The van der Waals surface area contributed by atoms with E-state index in [-0.39, 0.29) is 5.88 Å². The van der Waals surface area contributed by atoms with Gasteiger partial charge in [0.25, 0.3) is 0 Å². The molecule has 0 saturated heterocycles. The van der Waals surface area contributed by atoms with Gasteiger partial charge >= 0.3 is 6.18 Å². The van der Waals surface area contributed by atoms with Crippen LogP contribution in [0.4, 0.5) is 13.2 Å². The lowest BCUT2D eigenvalue weighted by Crippen LogP contribution is -2.13. The summed E-state index contributed by atoms with van der Waals surface area (Å²) in [5.41, 5.74) is 7.04. The highest BCUT2D eigenvalue weighted by molar-refractivity contribution is 5.25. The summed E-state index contributed by atoms with van der Waals surface area (Å²) >= 11 is 0. The Morgan fingerprint density at radius 1 is 1.35 bits per heavy atom. The number of hydrogen-bond acceptors (Lipinski definition) is 3. The Morgan fingerprint density at radius 3 is 2.59 bits per heavy atom. The summed E-state index contributed by atoms with van der Waals surface area (Å²) in [6.45, 7) is 1.79. The van der Waals surface area contributed by atoms with Crippen molar-refractivity contribution in [3.05, 3.63) is 23.4 Å². The van der Waals surface area contributed by atoms with E-state index in [1.165, 1.54) is 0 Å². The zero-order valence-electron chi connectivity index (χ0n) is 9.55. The molecule has 17 heavy (non-hydrogen) atoms. The molecule has 0 aliphatic carbocycles. The molecule has 0 unspecified atom stereocenters. The molecule has 96 valence electrons. The molecule has 1 aromatic heterocycles.